The van der Waals surface area contributed by atoms with Gasteiger partial charge in [-0.1, -0.05) is 42.5 Å². The Morgan fingerprint density at radius 2 is 1.67 bits per heavy atom. The Hall–Kier alpha value is -4.58. The van der Waals surface area contributed by atoms with E-state index in [2.05, 4.69) is 11.0 Å². The number of anilines is 1. The highest BCUT2D eigenvalue weighted by Crippen LogP contribution is 2.47. The van der Waals surface area contributed by atoms with Crippen molar-refractivity contribution in [2.45, 2.75) is 83.2 Å². The van der Waals surface area contributed by atoms with Crippen molar-refractivity contribution in [1.29, 1.82) is 0 Å². The molecule has 3 aliphatic rings. The highest BCUT2D eigenvalue weighted by atomic mass is 32.2. The number of carbonyl (C=O) groups excluding carboxylic acids is 2. The van der Waals surface area contributed by atoms with Crippen molar-refractivity contribution in [3.63, 3.8) is 0 Å². The van der Waals surface area contributed by atoms with Gasteiger partial charge in [-0.05, 0) is 88.8 Å². The molecule has 7 rings (SSSR count). The predicted octanol–water partition coefficient (Wildman–Crippen LogP) is 7.65. The summed E-state index contributed by atoms with van der Waals surface area (Å²) in [5, 5.41) is 0.875. The van der Waals surface area contributed by atoms with Gasteiger partial charge in [0.1, 0.15) is 23.8 Å². The number of carbonyl (C=O) groups is 2. The molecule has 2 fully saturated rings. The number of amides is 2. The smallest absolute Gasteiger partial charge is 0.410 e. The summed E-state index contributed by atoms with van der Waals surface area (Å²) in [6.07, 6.45) is 0.0326. The van der Waals surface area contributed by atoms with Gasteiger partial charge in [0, 0.05) is 65.9 Å². The molecule has 0 bridgehead atoms. The Kier molecular flexibility index (Phi) is 9.71. The summed E-state index contributed by atoms with van der Waals surface area (Å²) in [6.45, 7) is 13.9. The van der Waals surface area contributed by atoms with Crippen LogP contribution in [0.1, 0.15) is 58.2 Å². The third-order valence-corrected chi connectivity index (χ3v) is 11.4. The summed E-state index contributed by atoms with van der Waals surface area (Å²) in [5.74, 6) is 1.17. The first-order valence-corrected chi connectivity index (χ1v) is 19.0. The van der Waals surface area contributed by atoms with Gasteiger partial charge in [0.05, 0.1) is 5.52 Å². The average molecular weight is 728 g/mol. The van der Waals surface area contributed by atoms with Crippen LogP contribution in [0.4, 0.5) is 19.8 Å². The van der Waals surface area contributed by atoms with Crippen LogP contribution in [0, 0.1) is 18.7 Å². The largest absolute Gasteiger partial charge is 0.445 e. The molecular weight excluding hydrogens is 682 g/mol. The van der Waals surface area contributed by atoms with E-state index in [-0.39, 0.29) is 54.3 Å². The fourth-order valence-corrected chi connectivity index (χ4v) is 9.06. The molecule has 2 saturated heterocycles. The molecule has 0 spiro atoms. The zero-order valence-corrected chi connectivity index (χ0v) is 31.4. The lowest BCUT2D eigenvalue weighted by molar-refractivity contribution is 0.0130. The second-order valence-corrected chi connectivity index (χ2v) is 16.4. The van der Waals surface area contributed by atoms with Crippen molar-refractivity contribution in [2.24, 2.45) is 5.92 Å². The maximum Gasteiger partial charge on any atom is 0.410 e. The number of hydrogen-bond donors (Lipinski definition) is 0. The first kappa shape index (κ1) is 35.8. The molecule has 1 aromatic heterocycles. The first-order valence-electron chi connectivity index (χ1n) is 18.0. The number of halogens is 1. The van der Waals surface area contributed by atoms with Crippen LogP contribution in [-0.4, -0.2) is 81.2 Å². The van der Waals surface area contributed by atoms with E-state index < -0.39 is 5.60 Å². The fraction of sp³-hybridized carbons (Fsp3) is 0.450. The number of likely N-dealkylation sites (tertiary alicyclic amines) is 1. The number of aryl methyl sites for hydroxylation is 1. The van der Waals surface area contributed by atoms with Crippen LogP contribution in [-0.2, 0) is 16.1 Å². The summed E-state index contributed by atoms with van der Waals surface area (Å²) < 4.78 is 27.1. The topological polar surface area (TPSA) is 97.2 Å². The van der Waals surface area contributed by atoms with Gasteiger partial charge < -0.3 is 24.2 Å². The van der Waals surface area contributed by atoms with E-state index in [0.29, 0.717) is 44.2 Å². The summed E-state index contributed by atoms with van der Waals surface area (Å²) >= 11 is 1.72. The van der Waals surface area contributed by atoms with Gasteiger partial charge >= 0.3 is 17.9 Å². The maximum absolute atomic E-state index is 14.3. The van der Waals surface area contributed by atoms with E-state index in [9.17, 15) is 18.8 Å². The number of hydrogen-bond acceptors (Lipinski definition) is 8. The van der Waals surface area contributed by atoms with Crippen LogP contribution in [0.15, 0.2) is 70.4 Å². The predicted molar refractivity (Wildman–Crippen MR) is 201 cm³/mol. The SMILES string of the molecule is Cc1cc2c(N3C[C@@H](C)N(C(=O)OC(C)(C)C)C[C@@H]3C)nc(=O)n3c2c(c1-c1ccc(F)cc1)SC[C@@H]3CC1CN(C(=O)OCc2ccccc2)C1. The van der Waals surface area contributed by atoms with Crippen molar-refractivity contribution in [3.8, 4) is 11.1 Å². The van der Waals surface area contributed by atoms with Gasteiger partial charge in [0.2, 0.25) is 0 Å². The molecule has 12 heteroatoms. The molecule has 4 heterocycles. The Balaban J connectivity index is 1.20. The van der Waals surface area contributed by atoms with Crippen molar-refractivity contribution < 1.29 is 23.5 Å². The molecule has 10 nitrogen and oxygen atoms in total. The van der Waals surface area contributed by atoms with E-state index >= 15 is 0 Å². The van der Waals surface area contributed by atoms with Crippen molar-refractivity contribution in [2.75, 3.05) is 36.8 Å². The second-order valence-electron chi connectivity index (χ2n) is 15.4. The zero-order valence-electron chi connectivity index (χ0n) is 30.6. The van der Waals surface area contributed by atoms with Gasteiger partial charge in [-0.2, -0.15) is 4.98 Å². The van der Waals surface area contributed by atoms with Gasteiger partial charge in [0.25, 0.3) is 0 Å². The van der Waals surface area contributed by atoms with E-state index in [1.54, 1.807) is 33.7 Å². The minimum absolute atomic E-state index is 0.134. The Morgan fingerprint density at radius 3 is 2.37 bits per heavy atom. The molecular formula is C40H46FN5O5S. The lowest BCUT2D eigenvalue weighted by Gasteiger charge is -2.45. The van der Waals surface area contributed by atoms with Gasteiger partial charge in [-0.25, -0.2) is 18.8 Å². The molecule has 52 heavy (non-hydrogen) atoms. The molecule has 0 N–H and O–H groups in total. The minimum Gasteiger partial charge on any atom is -0.445 e. The molecule has 0 saturated carbocycles. The van der Waals surface area contributed by atoms with Crippen LogP contribution >= 0.6 is 11.8 Å². The Morgan fingerprint density at radius 1 is 0.962 bits per heavy atom. The van der Waals surface area contributed by atoms with E-state index in [0.717, 1.165) is 38.1 Å². The molecule has 0 unspecified atom stereocenters. The molecule has 2 amide bonds. The molecule has 3 atom stereocenters. The number of thioether (sulfide) groups is 1. The monoisotopic (exact) mass is 727 g/mol. The van der Waals surface area contributed by atoms with E-state index in [1.807, 2.05) is 76.4 Å². The second kappa shape index (κ2) is 14.1. The Bertz CT molecular complexity index is 2040. The number of rotatable bonds is 6. The highest BCUT2D eigenvalue weighted by Gasteiger charge is 2.39. The van der Waals surface area contributed by atoms with Crippen LogP contribution in [0.2, 0.25) is 0 Å². The quantitative estimate of drug-likeness (QED) is 0.200. The average Bonchev–Trinajstić information content (AvgIpc) is 3.08. The summed E-state index contributed by atoms with van der Waals surface area (Å²) in [5.41, 5.74) is 3.70. The third-order valence-electron chi connectivity index (χ3n) is 10.2. The van der Waals surface area contributed by atoms with Crippen LogP contribution < -0.4 is 10.6 Å². The lowest BCUT2D eigenvalue weighted by atomic mass is 9.92. The van der Waals surface area contributed by atoms with Crippen LogP contribution in [0.25, 0.3) is 22.0 Å². The van der Waals surface area contributed by atoms with Crippen LogP contribution in [0.5, 0.6) is 0 Å². The molecule has 3 aromatic carbocycles. The fourth-order valence-electron chi connectivity index (χ4n) is 7.65. The maximum atomic E-state index is 14.3. The van der Waals surface area contributed by atoms with E-state index in [4.69, 9.17) is 14.5 Å². The third kappa shape index (κ3) is 7.09. The molecule has 274 valence electrons. The Labute approximate surface area is 307 Å². The first-order chi connectivity index (χ1) is 24.8. The standard InChI is InChI=1S/C40H46FN5O5S/c1-24-16-32-34-35(33(24)29-12-14-30(41)15-13-29)52-23-31(17-28-20-43(21-28)38(48)50-22-27-10-8-7-9-11-27)46(34)37(47)42-36(32)44-18-26(3)45(19-25(44)2)39(49)51-40(4,5)6/h7-16,25-26,28,31H,17-23H2,1-6H3/t25-,26+,31-/m0/s1. The molecule has 4 aromatic rings. The van der Waals surface area contributed by atoms with Crippen LogP contribution in [0.3, 0.4) is 0 Å². The summed E-state index contributed by atoms with van der Waals surface area (Å²) in [4.78, 5) is 51.6. The lowest BCUT2D eigenvalue weighted by Crippen LogP contribution is -2.59. The van der Waals surface area contributed by atoms with E-state index in [1.165, 1.54) is 12.1 Å². The molecule has 3 aliphatic heterocycles. The van der Waals surface area contributed by atoms with Crippen molar-refractivity contribution >= 4 is 40.7 Å². The number of piperazine rings is 1. The number of ether oxygens (including phenoxy) is 2. The number of nitrogens with zero attached hydrogens (tertiary/aromatic N) is 5. The zero-order chi connectivity index (χ0) is 36.9. The normalized spacial score (nSPS) is 20.5. The summed E-state index contributed by atoms with van der Waals surface area (Å²) in [6, 6.07) is 17.8. The van der Waals surface area contributed by atoms with Crippen molar-refractivity contribution in [1.82, 2.24) is 19.4 Å². The van der Waals surface area contributed by atoms with Gasteiger partial charge in [-0.15, -0.1) is 11.8 Å². The number of aromatic nitrogens is 2. The molecule has 0 radical (unpaired) electrons. The highest BCUT2D eigenvalue weighted by molar-refractivity contribution is 7.99. The van der Waals surface area contributed by atoms with Gasteiger partial charge in [-0.3, -0.25) is 4.57 Å². The molecule has 0 aliphatic carbocycles. The van der Waals surface area contributed by atoms with Crippen molar-refractivity contribution in [3.05, 3.63) is 88.1 Å². The minimum atomic E-state index is -0.610. The number of benzene rings is 3. The summed E-state index contributed by atoms with van der Waals surface area (Å²) in [7, 11) is 0. The van der Waals surface area contributed by atoms with Gasteiger partial charge in [0.15, 0.2) is 0 Å².